The smallest absolute Gasteiger partial charge is 0.124 e. The number of nitriles is 1. The molecule has 0 radical (unpaired) electrons. The summed E-state index contributed by atoms with van der Waals surface area (Å²) in [7, 11) is 0. The molecule has 0 saturated carbocycles. The van der Waals surface area contributed by atoms with E-state index in [-0.39, 0.29) is 0 Å². The molecule has 0 saturated heterocycles. The van der Waals surface area contributed by atoms with Crippen molar-refractivity contribution in [3.8, 4) is 11.8 Å². The van der Waals surface area contributed by atoms with Gasteiger partial charge in [0.15, 0.2) is 0 Å². The molecule has 0 bridgehead atoms. The molecule has 0 aromatic heterocycles. The van der Waals surface area contributed by atoms with Crippen LogP contribution in [0.25, 0.3) is 0 Å². The van der Waals surface area contributed by atoms with Crippen molar-refractivity contribution in [2.75, 3.05) is 12.3 Å². The van der Waals surface area contributed by atoms with Gasteiger partial charge < -0.3 is 10.5 Å². The summed E-state index contributed by atoms with van der Waals surface area (Å²) in [4.78, 5) is 0.883. The largest absolute Gasteiger partial charge is 0.494 e. The lowest BCUT2D eigenvalue weighted by atomic mass is 10.1. The first-order chi connectivity index (χ1) is 10.1. The van der Waals surface area contributed by atoms with E-state index in [1.54, 1.807) is 12.1 Å². The van der Waals surface area contributed by atoms with E-state index in [9.17, 15) is 4.39 Å². The number of ether oxygens (including phenoxy) is 1. The summed E-state index contributed by atoms with van der Waals surface area (Å²) in [5.74, 6) is 0.898. The Morgan fingerprint density at radius 2 is 2.10 bits per heavy atom. The number of rotatable bonds is 5. The number of nitrogen functional groups attached to an aromatic ring is 1. The minimum Gasteiger partial charge on any atom is -0.494 e. The lowest BCUT2D eigenvalue weighted by molar-refractivity contribution is 0.339. The van der Waals surface area contributed by atoms with E-state index in [0.717, 1.165) is 16.2 Å². The Balaban J connectivity index is 2.16. The minimum absolute atomic E-state index is 0.349. The number of anilines is 1. The van der Waals surface area contributed by atoms with Gasteiger partial charge in [-0.15, -0.1) is 11.8 Å². The molecule has 0 fully saturated rings. The normalized spacial score (nSPS) is 10.1. The molecule has 2 rings (SSSR count). The van der Waals surface area contributed by atoms with Crippen molar-refractivity contribution in [1.29, 1.82) is 5.26 Å². The van der Waals surface area contributed by atoms with Crippen LogP contribution in [0.15, 0.2) is 41.3 Å². The maximum atomic E-state index is 13.1. The van der Waals surface area contributed by atoms with Crippen molar-refractivity contribution in [3.63, 3.8) is 0 Å². The van der Waals surface area contributed by atoms with E-state index in [2.05, 4.69) is 0 Å². The van der Waals surface area contributed by atoms with Gasteiger partial charge in [0, 0.05) is 16.3 Å². The fourth-order valence-electron chi connectivity index (χ4n) is 1.83. The van der Waals surface area contributed by atoms with E-state index < -0.39 is 5.82 Å². The summed E-state index contributed by atoms with van der Waals surface area (Å²) >= 11 is 1.50. The molecule has 3 nitrogen and oxygen atoms in total. The molecule has 0 aliphatic heterocycles. The highest BCUT2D eigenvalue weighted by molar-refractivity contribution is 7.98. The number of nitrogens with zero attached hydrogens (tertiary/aromatic N) is 1. The van der Waals surface area contributed by atoms with Crippen molar-refractivity contribution in [2.45, 2.75) is 17.6 Å². The number of halogens is 1. The summed E-state index contributed by atoms with van der Waals surface area (Å²) in [6.45, 7) is 2.51. The lowest BCUT2D eigenvalue weighted by Gasteiger charge is -2.09. The number of thioether (sulfide) groups is 1. The van der Waals surface area contributed by atoms with E-state index in [1.165, 1.54) is 23.9 Å². The molecule has 2 aromatic carbocycles. The number of hydrogen-bond acceptors (Lipinski definition) is 4. The van der Waals surface area contributed by atoms with Crippen molar-refractivity contribution < 1.29 is 9.13 Å². The first-order valence-electron chi connectivity index (χ1n) is 6.47. The van der Waals surface area contributed by atoms with Gasteiger partial charge in [0.2, 0.25) is 0 Å². The van der Waals surface area contributed by atoms with Gasteiger partial charge in [-0.05, 0) is 42.8 Å². The topological polar surface area (TPSA) is 59.0 Å². The fourth-order valence-corrected chi connectivity index (χ4v) is 2.83. The molecule has 2 N–H and O–H groups in total. The van der Waals surface area contributed by atoms with E-state index in [4.69, 9.17) is 15.7 Å². The van der Waals surface area contributed by atoms with Crippen LogP contribution in [0.5, 0.6) is 5.75 Å². The molecular weight excluding hydrogens is 287 g/mol. The van der Waals surface area contributed by atoms with Crippen LogP contribution in [0.2, 0.25) is 0 Å². The Bertz CT molecular complexity index is 682. The first kappa shape index (κ1) is 15.2. The lowest BCUT2D eigenvalue weighted by Crippen LogP contribution is -1.95. The molecule has 0 amide bonds. The Kier molecular flexibility index (Phi) is 5.07. The van der Waals surface area contributed by atoms with Crippen LogP contribution in [0.4, 0.5) is 10.1 Å². The third-order valence-corrected chi connectivity index (χ3v) is 3.99. The third kappa shape index (κ3) is 3.89. The van der Waals surface area contributed by atoms with Crippen molar-refractivity contribution in [2.24, 2.45) is 0 Å². The molecular formula is C16H15FN2OS. The molecule has 0 atom stereocenters. The van der Waals surface area contributed by atoms with Gasteiger partial charge >= 0.3 is 0 Å². The standard InChI is InChI=1S/C16H15FN2OS/c1-2-20-14-5-6-15(19)16(8-14)21-10-11-3-4-13(17)7-12(11)9-18/h3-8H,2,10,19H2,1H3. The molecule has 0 spiro atoms. The fraction of sp³-hybridized carbons (Fsp3) is 0.188. The second-order valence-corrected chi connectivity index (χ2v) is 5.35. The maximum Gasteiger partial charge on any atom is 0.124 e. The molecule has 0 heterocycles. The molecule has 21 heavy (non-hydrogen) atoms. The van der Waals surface area contributed by atoms with Crippen LogP contribution in [-0.2, 0) is 5.75 Å². The quantitative estimate of drug-likeness (QED) is 0.670. The Labute approximate surface area is 127 Å². The van der Waals surface area contributed by atoms with E-state index in [0.29, 0.717) is 23.6 Å². The predicted octanol–water partition coefficient (Wildman–Crippen LogP) is 3.97. The van der Waals surface area contributed by atoms with Gasteiger partial charge in [0.25, 0.3) is 0 Å². The third-order valence-electron chi connectivity index (χ3n) is 2.87. The van der Waals surface area contributed by atoms with Gasteiger partial charge in [-0.2, -0.15) is 5.26 Å². The summed E-state index contributed by atoms with van der Waals surface area (Å²) in [6.07, 6.45) is 0. The van der Waals surface area contributed by atoms with Crippen molar-refractivity contribution >= 4 is 17.4 Å². The SMILES string of the molecule is CCOc1ccc(N)c(SCc2ccc(F)cc2C#N)c1. The highest BCUT2D eigenvalue weighted by Gasteiger charge is 2.07. The molecule has 2 aromatic rings. The highest BCUT2D eigenvalue weighted by Crippen LogP contribution is 2.32. The number of nitrogens with two attached hydrogens (primary N) is 1. The zero-order valence-corrected chi connectivity index (χ0v) is 12.4. The van der Waals surface area contributed by atoms with Gasteiger partial charge in [0.05, 0.1) is 18.2 Å². The van der Waals surface area contributed by atoms with Crippen molar-refractivity contribution in [3.05, 3.63) is 53.3 Å². The van der Waals surface area contributed by atoms with Gasteiger partial charge in [-0.1, -0.05) is 6.07 Å². The number of benzene rings is 2. The van der Waals surface area contributed by atoms with Gasteiger partial charge in [-0.25, -0.2) is 4.39 Å². The van der Waals surface area contributed by atoms with Crippen molar-refractivity contribution in [1.82, 2.24) is 0 Å². The van der Waals surface area contributed by atoms with Gasteiger partial charge in [0.1, 0.15) is 11.6 Å². The number of hydrogen-bond donors (Lipinski definition) is 1. The average Bonchev–Trinajstić information content (AvgIpc) is 2.49. The van der Waals surface area contributed by atoms with Crippen LogP contribution in [-0.4, -0.2) is 6.61 Å². The summed E-state index contributed by atoms with van der Waals surface area (Å²) < 4.78 is 18.5. The molecule has 0 aliphatic rings. The summed E-state index contributed by atoms with van der Waals surface area (Å²) in [6, 6.07) is 11.7. The highest BCUT2D eigenvalue weighted by atomic mass is 32.2. The van der Waals surface area contributed by atoms with Crippen LogP contribution < -0.4 is 10.5 Å². The van der Waals surface area contributed by atoms with Crippen LogP contribution >= 0.6 is 11.8 Å². The van der Waals surface area contributed by atoms with E-state index >= 15 is 0 Å². The van der Waals surface area contributed by atoms with E-state index in [1.807, 2.05) is 25.1 Å². The Hall–Kier alpha value is -2.19. The minimum atomic E-state index is -0.404. The molecule has 5 heteroatoms. The Morgan fingerprint density at radius 1 is 1.29 bits per heavy atom. The molecule has 0 unspecified atom stereocenters. The second kappa shape index (κ2) is 7.00. The van der Waals surface area contributed by atoms with Crippen LogP contribution in [0.3, 0.4) is 0 Å². The zero-order chi connectivity index (χ0) is 15.2. The molecule has 108 valence electrons. The summed E-state index contributed by atoms with van der Waals surface area (Å²) in [5, 5.41) is 9.04. The second-order valence-electron chi connectivity index (χ2n) is 4.33. The Morgan fingerprint density at radius 3 is 2.81 bits per heavy atom. The van der Waals surface area contributed by atoms with Crippen LogP contribution in [0.1, 0.15) is 18.1 Å². The predicted molar refractivity (Wildman–Crippen MR) is 82.7 cm³/mol. The first-order valence-corrected chi connectivity index (χ1v) is 7.46. The van der Waals surface area contributed by atoms with Gasteiger partial charge in [-0.3, -0.25) is 0 Å². The monoisotopic (exact) mass is 302 g/mol. The zero-order valence-electron chi connectivity index (χ0n) is 11.6. The molecule has 0 aliphatic carbocycles. The average molecular weight is 302 g/mol. The summed E-state index contributed by atoms with van der Waals surface area (Å²) in [5.41, 5.74) is 7.73. The maximum absolute atomic E-state index is 13.1. The van der Waals surface area contributed by atoms with Crippen LogP contribution in [0, 0.1) is 17.1 Å².